The maximum Gasteiger partial charge on any atom is 0.157 e. The summed E-state index contributed by atoms with van der Waals surface area (Å²) in [6.07, 6.45) is 39.0. The molecular weight excluding hydrogens is 929 g/mol. The van der Waals surface area contributed by atoms with E-state index in [1.165, 1.54) is 154 Å². The number of unbranched alkanes of at least 4 members (excludes halogenated alkanes) is 3. The molecule has 1 aromatic carbocycles. The highest BCUT2D eigenvalue weighted by molar-refractivity contribution is 5.40. The Labute approximate surface area is 468 Å². The van der Waals surface area contributed by atoms with Gasteiger partial charge in [0, 0.05) is 24.9 Å². The number of hydrogen-bond donors (Lipinski definition) is 5. The number of aryl methyl sites for hydroxylation is 2. The molecule has 0 bridgehead atoms. The van der Waals surface area contributed by atoms with Crippen LogP contribution in [0, 0.1) is 59.2 Å². The number of ether oxygens (including phenoxy) is 1. The molecule has 448 valence electrons. The van der Waals surface area contributed by atoms with E-state index in [4.69, 9.17) is 14.9 Å². The summed E-state index contributed by atoms with van der Waals surface area (Å²) in [5, 5.41) is 46.7. The van der Waals surface area contributed by atoms with Gasteiger partial charge in [0.05, 0.1) is 25.1 Å². The summed E-state index contributed by atoms with van der Waals surface area (Å²) in [6.45, 7) is 29.6. The lowest BCUT2D eigenvalue weighted by atomic mass is 9.80. The molecule has 0 spiro atoms. The standard InChI is InChI=1S/C12H22N2.C11H16O2.C11H22.C10H20O4.C10H20.C9H18.4CH4/c1-12(2)7-5-3-4-6-9-14-10-8-13-11-14;1-8(2)3-4-9-5-6-10(12)11(13)7-9;1-10(2)6-5-9-11-7-3-4-8-11;1-5(2)8-6(3)14-7(4-11)9(12)10(8)13;1-9(2)7-8-10-5-3-4-6-10;1-8(2)7-9-5-3-4-6-9;;;;/h8,10-12H,3-7,9H2,1-2H3;5-8,12-13H,3-4H2,1-2H3;10-11H,3-9H2,1-2H3;5-13H,4H2,1-3H3;9-10H,3-8H2,1-2H3;8-9H,3-7H2,1-2H3;4*1H4/t;;;6-,7?,8?,9+,10-;;;;;;/m...0....../s1. The summed E-state index contributed by atoms with van der Waals surface area (Å²) in [7, 11) is 0. The van der Waals surface area contributed by atoms with Gasteiger partial charge in [0.1, 0.15) is 12.2 Å². The van der Waals surface area contributed by atoms with Gasteiger partial charge >= 0.3 is 0 Å². The predicted octanol–water partition coefficient (Wildman–Crippen LogP) is 19.3. The number of aromatic nitrogens is 2. The number of phenols is 2. The topological polar surface area (TPSA) is 128 Å². The van der Waals surface area contributed by atoms with Gasteiger partial charge in [0.15, 0.2) is 11.5 Å². The Morgan fingerprint density at radius 3 is 1.52 bits per heavy atom. The highest BCUT2D eigenvalue weighted by Crippen LogP contribution is 2.33. The molecule has 4 fully saturated rings. The Hall–Kier alpha value is -2.13. The molecular formula is C67H134N2O6. The second-order valence-electron chi connectivity index (χ2n) is 24.9. The van der Waals surface area contributed by atoms with Gasteiger partial charge in [-0.2, -0.15) is 0 Å². The lowest BCUT2D eigenvalue weighted by Crippen LogP contribution is -2.56. The van der Waals surface area contributed by atoms with Crippen molar-refractivity contribution in [2.45, 2.75) is 311 Å². The first-order chi connectivity index (χ1) is 33.7. The molecule has 3 saturated carbocycles. The fourth-order valence-electron chi connectivity index (χ4n) is 11.0. The van der Waals surface area contributed by atoms with E-state index in [9.17, 15) is 15.3 Å². The van der Waals surface area contributed by atoms with Gasteiger partial charge in [-0.25, -0.2) is 4.98 Å². The fraction of sp³-hybridized carbons (Fsp3) is 0.866. The maximum absolute atomic E-state index is 9.84. The van der Waals surface area contributed by atoms with E-state index in [1.54, 1.807) is 6.07 Å². The van der Waals surface area contributed by atoms with Crippen LogP contribution in [-0.4, -0.2) is 66.1 Å². The lowest BCUT2D eigenvalue weighted by Gasteiger charge is -2.43. The number of aromatic hydroxyl groups is 2. The van der Waals surface area contributed by atoms with Gasteiger partial charge in [-0.3, -0.25) is 0 Å². The third-order valence-corrected chi connectivity index (χ3v) is 15.3. The van der Waals surface area contributed by atoms with E-state index in [1.807, 2.05) is 45.6 Å². The van der Waals surface area contributed by atoms with Crippen molar-refractivity contribution in [2.24, 2.45) is 59.2 Å². The molecule has 6 rings (SSSR count). The van der Waals surface area contributed by atoms with Crippen LogP contribution in [0.5, 0.6) is 11.5 Å². The number of phenolic OH excluding ortho intramolecular Hbond substituents is 2. The van der Waals surface area contributed by atoms with Crippen LogP contribution in [0.2, 0.25) is 0 Å². The molecule has 4 aliphatic rings. The number of benzene rings is 1. The minimum Gasteiger partial charge on any atom is -0.504 e. The van der Waals surface area contributed by atoms with Gasteiger partial charge in [0.25, 0.3) is 0 Å². The van der Waals surface area contributed by atoms with E-state index in [2.05, 4.69) is 78.8 Å². The summed E-state index contributed by atoms with van der Waals surface area (Å²) in [5.74, 6) is 7.67. The molecule has 1 aromatic heterocycles. The summed E-state index contributed by atoms with van der Waals surface area (Å²) in [5.41, 5.74) is 1.07. The summed E-state index contributed by atoms with van der Waals surface area (Å²) < 4.78 is 7.59. The zero-order chi connectivity index (χ0) is 53.1. The average Bonchev–Trinajstić information content (AvgIpc) is 4.17. The first-order valence-corrected chi connectivity index (χ1v) is 29.8. The van der Waals surface area contributed by atoms with Crippen LogP contribution in [-0.2, 0) is 17.7 Å². The van der Waals surface area contributed by atoms with Crippen LogP contribution in [0.15, 0.2) is 36.9 Å². The van der Waals surface area contributed by atoms with Crippen LogP contribution >= 0.6 is 0 Å². The van der Waals surface area contributed by atoms with Crippen LogP contribution in [0.25, 0.3) is 0 Å². The minimum absolute atomic E-state index is 0. The number of aliphatic hydroxyl groups excluding tert-OH is 3. The van der Waals surface area contributed by atoms with E-state index in [-0.39, 0.29) is 65.8 Å². The van der Waals surface area contributed by atoms with E-state index in [0.717, 1.165) is 66.4 Å². The molecule has 0 amide bonds. The van der Waals surface area contributed by atoms with Crippen molar-refractivity contribution in [3.63, 3.8) is 0 Å². The lowest BCUT2D eigenvalue weighted by molar-refractivity contribution is -0.212. The van der Waals surface area contributed by atoms with E-state index >= 15 is 0 Å². The number of hydrogen-bond acceptors (Lipinski definition) is 7. The van der Waals surface area contributed by atoms with Crippen molar-refractivity contribution in [3.05, 3.63) is 42.5 Å². The van der Waals surface area contributed by atoms with Crippen LogP contribution in [0.3, 0.4) is 0 Å². The Bertz CT molecular complexity index is 1480. The number of rotatable bonds is 21. The second-order valence-corrected chi connectivity index (χ2v) is 24.9. The Balaban J connectivity index is -0.000000401. The second kappa shape index (κ2) is 47.8. The van der Waals surface area contributed by atoms with Crippen molar-refractivity contribution < 1.29 is 30.3 Å². The SMILES string of the molecule is C.C.C.C.CC(C)C1[C@H](C)OC(CO)[C@@H](O)[C@H]1O.CC(C)CC1CCCC1.CC(C)CCC1CCCC1.CC(C)CCCC1CCCC1.CC(C)CCCCCCn1ccnc1.CC(C)CCc1ccc(O)c(O)c1. The number of aliphatic hydroxyl groups is 3. The average molecular weight is 1060 g/mol. The molecule has 8 heteroatoms. The Morgan fingerprint density at radius 1 is 0.573 bits per heavy atom. The van der Waals surface area contributed by atoms with E-state index in [0.29, 0.717) is 5.92 Å². The maximum atomic E-state index is 9.84. The fourth-order valence-corrected chi connectivity index (χ4v) is 11.0. The molecule has 5 atom stereocenters. The van der Waals surface area contributed by atoms with Crippen LogP contribution in [0.1, 0.15) is 279 Å². The van der Waals surface area contributed by atoms with Gasteiger partial charge in [-0.15, -0.1) is 0 Å². The quantitative estimate of drug-likeness (QED) is 0.0622. The summed E-state index contributed by atoms with van der Waals surface area (Å²) in [4.78, 5) is 4.02. The third-order valence-electron chi connectivity index (χ3n) is 15.3. The Kier molecular flexibility index (Phi) is 50.6. The molecule has 8 nitrogen and oxygen atoms in total. The molecule has 1 saturated heterocycles. The number of nitrogens with zero attached hydrogens (tertiary/aromatic N) is 2. The van der Waals surface area contributed by atoms with Crippen molar-refractivity contribution in [1.29, 1.82) is 0 Å². The van der Waals surface area contributed by atoms with Gasteiger partial charge in [-0.1, -0.05) is 254 Å². The van der Waals surface area contributed by atoms with Gasteiger partial charge < -0.3 is 34.8 Å². The van der Waals surface area contributed by atoms with Crippen molar-refractivity contribution >= 4 is 0 Å². The van der Waals surface area contributed by atoms with Gasteiger partial charge in [-0.05, 0) is 104 Å². The molecule has 0 radical (unpaired) electrons. The molecule has 2 aromatic rings. The highest BCUT2D eigenvalue weighted by Gasteiger charge is 2.43. The molecule has 5 N–H and O–H groups in total. The predicted molar refractivity (Wildman–Crippen MR) is 330 cm³/mol. The first-order valence-electron chi connectivity index (χ1n) is 29.8. The summed E-state index contributed by atoms with van der Waals surface area (Å²) in [6, 6.07) is 5.00. The first kappa shape index (κ1) is 79.4. The normalized spacial score (nSPS) is 20.5. The monoisotopic (exact) mass is 1060 g/mol. The molecule has 1 aliphatic heterocycles. The largest absolute Gasteiger partial charge is 0.504 e. The van der Waals surface area contributed by atoms with Crippen LogP contribution < -0.4 is 0 Å². The molecule has 2 heterocycles. The smallest absolute Gasteiger partial charge is 0.157 e. The van der Waals surface area contributed by atoms with Crippen molar-refractivity contribution in [3.8, 4) is 11.5 Å². The third kappa shape index (κ3) is 39.8. The number of imidazole rings is 1. The van der Waals surface area contributed by atoms with Crippen molar-refractivity contribution in [2.75, 3.05) is 6.61 Å². The van der Waals surface area contributed by atoms with Crippen molar-refractivity contribution in [1.82, 2.24) is 9.55 Å². The van der Waals surface area contributed by atoms with E-state index < -0.39 is 18.3 Å². The molecule has 3 aliphatic carbocycles. The Morgan fingerprint density at radius 2 is 1.07 bits per heavy atom. The summed E-state index contributed by atoms with van der Waals surface area (Å²) >= 11 is 0. The van der Waals surface area contributed by atoms with Gasteiger partial charge in [0.2, 0.25) is 0 Å². The molecule has 75 heavy (non-hydrogen) atoms. The molecule has 2 unspecified atom stereocenters. The highest BCUT2D eigenvalue weighted by atomic mass is 16.5. The van der Waals surface area contributed by atoms with Crippen LogP contribution in [0.4, 0.5) is 0 Å². The zero-order valence-corrected chi connectivity index (χ0v) is 48.7. The zero-order valence-electron chi connectivity index (χ0n) is 48.7. The minimum atomic E-state index is -0.983.